The van der Waals surface area contributed by atoms with E-state index in [0.29, 0.717) is 10.6 Å². The zero-order chi connectivity index (χ0) is 22.2. The number of nitrogens with one attached hydrogen (secondary N) is 1. The molecule has 4 rings (SSSR count). The van der Waals surface area contributed by atoms with Gasteiger partial charge in [0, 0.05) is 43.1 Å². The molecule has 0 saturated carbocycles. The number of hydrogen-bond acceptors (Lipinski definition) is 6. The van der Waals surface area contributed by atoms with E-state index in [1.807, 2.05) is 12.1 Å². The lowest BCUT2D eigenvalue weighted by Gasteiger charge is -2.38. The number of rotatable bonds is 5. The Morgan fingerprint density at radius 2 is 1.90 bits per heavy atom. The van der Waals surface area contributed by atoms with Crippen LogP contribution in [0.3, 0.4) is 0 Å². The van der Waals surface area contributed by atoms with E-state index in [-0.39, 0.29) is 48.2 Å². The molecule has 1 aromatic carbocycles. The van der Waals surface area contributed by atoms with E-state index >= 15 is 0 Å². The van der Waals surface area contributed by atoms with Gasteiger partial charge in [-0.2, -0.15) is 4.31 Å². The Bertz CT molecular complexity index is 1130. The summed E-state index contributed by atoms with van der Waals surface area (Å²) in [6.45, 7) is 2.17. The predicted molar refractivity (Wildman–Crippen MR) is 117 cm³/mol. The van der Waals surface area contributed by atoms with Gasteiger partial charge in [-0.1, -0.05) is 29.8 Å². The third-order valence-corrected chi connectivity index (χ3v) is 9.16. The molecule has 0 aliphatic carbocycles. The largest absolute Gasteiger partial charge is 0.450 e. The van der Waals surface area contributed by atoms with Gasteiger partial charge in [-0.3, -0.25) is 4.79 Å². The van der Waals surface area contributed by atoms with Gasteiger partial charge in [0.25, 0.3) is 15.9 Å². The van der Waals surface area contributed by atoms with Crippen molar-refractivity contribution in [2.75, 3.05) is 13.1 Å². The van der Waals surface area contributed by atoms with Crippen LogP contribution in [0.15, 0.2) is 57.1 Å². The number of thiophene rings is 1. The SMILES string of the molecule is CC1=C(C(=O)NCc2ccc(Cl)cc2)C2(CCN(S(=O)(=O)c3cccs3)CC2)OC1=O. The molecule has 1 spiro atoms. The first-order valence-electron chi connectivity index (χ1n) is 9.74. The molecule has 2 aliphatic heterocycles. The van der Waals surface area contributed by atoms with E-state index in [2.05, 4.69) is 5.32 Å². The molecule has 3 heterocycles. The maximum Gasteiger partial charge on any atom is 0.335 e. The summed E-state index contributed by atoms with van der Waals surface area (Å²) < 4.78 is 32.9. The van der Waals surface area contributed by atoms with Gasteiger partial charge in [0.15, 0.2) is 0 Å². The quantitative estimate of drug-likeness (QED) is 0.664. The number of sulfonamides is 1. The summed E-state index contributed by atoms with van der Waals surface area (Å²) in [5.74, 6) is -0.918. The standard InChI is InChI=1S/C21H21ClN2O5S2/c1-14-18(19(25)23-13-15-4-6-16(22)7-5-15)21(29-20(14)26)8-10-24(11-9-21)31(27,28)17-3-2-12-30-17/h2-7,12H,8-11,13H2,1H3,(H,23,25). The monoisotopic (exact) mass is 480 g/mol. The van der Waals surface area contributed by atoms with Crippen LogP contribution in [0.5, 0.6) is 0 Å². The Labute approximate surface area is 189 Å². The molecular formula is C21H21ClN2O5S2. The lowest BCUT2D eigenvalue weighted by molar-refractivity contribution is -0.150. The highest BCUT2D eigenvalue weighted by Crippen LogP contribution is 2.42. The Morgan fingerprint density at radius 3 is 2.52 bits per heavy atom. The molecule has 7 nitrogen and oxygen atoms in total. The van der Waals surface area contributed by atoms with Gasteiger partial charge in [-0.15, -0.1) is 11.3 Å². The average Bonchev–Trinajstić information content (AvgIpc) is 3.36. The number of carbonyl (C=O) groups is 2. The highest BCUT2D eigenvalue weighted by Gasteiger charge is 2.52. The van der Waals surface area contributed by atoms with Crippen molar-refractivity contribution in [2.45, 2.75) is 36.1 Å². The van der Waals surface area contributed by atoms with Crippen LogP contribution < -0.4 is 5.32 Å². The zero-order valence-corrected chi connectivity index (χ0v) is 19.1. The summed E-state index contributed by atoms with van der Waals surface area (Å²) >= 11 is 7.05. The van der Waals surface area contributed by atoms with E-state index in [4.69, 9.17) is 16.3 Å². The van der Waals surface area contributed by atoms with Crippen LogP contribution in [0.1, 0.15) is 25.3 Å². The fraction of sp³-hybridized carbons (Fsp3) is 0.333. The molecule has 1 aromatic heterocycles. The molecule has 1 saturated heterocycles. The summed E-state index contributed by atoms with van der Waals surface area (Å²) in [7, 11) is -3.60. The first kappa shape index (κ1) is 22.0. The number of hydrogen-bond donors (Lipinski definition) is 1. The minimum atomic E-state index is -3.60. The van der Waals surface area contributed by atoms with Gasteiger partial charge in [-0.25, -0.2) is 13.2 Å². The second-order valence-corrected chi connectivity index (χ2v) is 11.1. The highest BCUT2D eigenvalue weighted by molar-refractivity contribution is 7.91. The van der Waals surface area contributed by atoms with Gasteiger partial charge >= 0.3 is 5.97 Å². The van der Waals surface area contributed by atoms with Gasteiger partial charge in [0.1, 0.15) is 9.81 Å². The van der Waals surface area contributed by atoms with E-state index in [0.717, 1.165) is 16.9 Å². The van der Waals surface area contributed by atoms with Crippen LogP contribution in [0.2, 0.25) is 5.02 Å². The van der Waals surface area contributed by atoms with Gasteiger partial charge in [0.2, 0.25) is 0 Å². The van der Waals surface area contributed by atoms with Crippen molar-refractivity contribution in [1.82, 2.24) is 9.62 Å². The minimum Gasteiger partial charge on any atom is -0.450 e. The average molecular weight is 481 g/mol. The number of nitrogens with zero attached hydrogens (tertiary/aromatic N) is 1. The molecule has 0 atom stereocenters. The molecule has 2 aliphatic rings. The van der Waals surface area contributed by atoms with Gasteiger partial charge < -0.3 is 10.1 Å². The second-order valence-electron chi connectivity index (χ2n) is 7.53. The second kappa shape index (κ2) is 8.38. The molecule has 164 valence electrons. The van der Waals surface area contributed by atoms with Crippen molar-refractivity contribution < 1.29 is 22.7 Å². The van der Waals surface area contributed by atoms with Gasteiger partial charge in [-0.05, 0) is 36.1 Å². The third kappa shape index (κ3) is 4.15. The summed E-state index contributed by atoms with van der Waals surface area (Å²) in [5, 5.41) is 5.16. The summed E-state index contributed by atoms with van der Waals surface area (Å²) in [6, 6.07) is 10.4. The number of piperidine rings is 1. The van der Waals surface area contributed by atoms with Gasteiger partial charge in [0.05, 0.1) is 5.57 Å². The maximum absolute atomic E-state index is 13.0. The van der Waals surface area contributed by atoms with Crippen molar-refractivity contribution in [1.29, 1.82) is 0 Å². The van der Waals surface area contributed by atoms with Crippen molar-refractivity contribution >= 4 is 44.8 Å². The summed E-state index contributed by atoms with van der Waals surface area (Å²) in [4.78, 5) is 25.4. The molecule has 1 fully saturated rings. The first-order valence-corrected chi connectivity index (χ1v) is 12.4. The molecule has 0 bridgehead atoms. The van der Waals surface area contributed by atoms with Crippen LogP contribution in [-0.2, 0) is 30.9 Å². The van der Waals surface area contributed by atoms with E-state index in [9.17, 15) is 18.0 Å². The zero-order valence-electron chi connectivity index (χ0n) is 16.8. The first-order chi connectivity index (χ1) is 14.7. The van der Waals surface area contributed by atoms with Crippen molar-refractivity contribution in [2.24, 2.45) is 0 Å². The number of benzene rings is 1. The van der Waals surface area contributed by atoms with Crippen LogP contribution >= 0.6 is 22.9 Å². The maximum atomic E-state index is 13.0. The smallest absolute Gasteiger partial charge is 0.335 e. The van der Waals surface area contributed by atoms with Crippen molar-refractivity contribution in [3.8, 4) is 0 Å². The predicted octanol–water partition coefficient (Wildman–Crippen LogP) is 3.11. The fourth-order valence-corrected chi connectivity index (χ4v) is 6.69. The molecule has 10 heteroatoms. The third-order valence-electron chi connectivity index (χ3n) is 5.64. The molecule has 1 N–H and O–H groups in total. The number of carbonyl (C=O) groups excluding carboxylic acids is 2. The number of ether oxygens (including phenoxy) is 1. The number of amides is 1. The Hall–Kier alpha value is -2.20. The highest BCUT2D eigenvalue weighted by atomic mass is 35.5. The molecule has 0 unspecified atom stereocenters. The fourth-order valence-electron chi connectivity index (χ4n) is 3.98. The van der Waals surface area contributed by atoms with Crippen LogP contribution in [0, 0.1) is 0 Å². The molecule has 31 heavy (non-hydrogen) atoms. The topological polar surface area (TPSA) is 92.8 Å². The molecule has 2 aromatic rings. The normalized spacial score (nSPS) is 19.0. The van der Waals surface area contributed by atoms with Crippen LogP contribution in [-0.4, -0.2) is 43.3 Å². The number of esters is 1. The van der Waals surface area contributed by atoms with Crippen molar-refractivity contribution in [3.63, 3.8) is 0 Å². The Kier molecular flexibility index (Phi) is 5.95. The summed E-state index contributed by atoms with van der Waals surface area (Å²) in [5.41, 5.74) is 0.321. The van der Waals surface area contributed by atoms with E-state index < -0.39 is 21.6 Å². The molecule has 0 radical (unpaired) electrons. The number of halogens is 1. The summed E-state index contributed by atoms with van der Waals surface area (Å²) in [6.07, 6.45) is 0.453. The molecule has 1 amide bonds. The lowest BCUT2D eigenvalue weighted by atomic mass is 9.83. The van der Waals surface area contributed by atoms with Crippen LogP contribution in [0.4, 0.5) is 0 Å². The minimum absolute atomic E-state index is 0.161. The Balaban J connectivity index is 1.49. The van der Waals surface area contributed by atoms with Crippen molar-refractivity contribution in [3.05, 3.63) is 63.5 Å². The van der Waals surface area contributed by atoms with E-state index in [1.165, 1.54) is 4.31 Å². The molecular weight excluding hydrogens is 460 g/mol. The Morgan fingerprint density at radius 1 is 1.23 bits per heavy atom. The van der Waals surface area contributed by atoms with Crippen LogP contribution in [0.25, 0.3) is 0 Å². The lowest BCUT2D eigenvalue weighted by Crippen LogP contribution is -2.50. The van der Waals surface area contributed by atoms with E-state index in [1.54, 1.807) is 36.6 Å².